The summed E-state index contributed by atoms with van der Waals surface area (Å²) in [5, 5.41) is 36.6. The van der Waals surface area contributed by atoms with Gasteiger partial charge in [0.25, 0.3) is 0 Å². The zero-order valence-corrected chi connectivity index (χ0v) is 27.2. The minimum atomic E-state index is -3.95. The molecule has 1 rings (SSSR count). The number of carbonyl (C=O) groups is 7. The van der Waals surface area contributed by atoms with Gasteiger partial charge in [-0.05, 0) is 24.0 Å². The van der Waals surface area contributed by atoms with Crippen LogP contribution >= 0.6 is 11.6 Å². The first-order valence-corrected chi connectivity index (χ1v) is 16.2. The molecule has 0 spiro atoms. The van der Waals surface area contributed by atoms with E-state index in [4.69, 9.17) is 16.3 Å². The van der Waals surface area contributed by atoms with E-state index in [1.807, 2.05) is 0 Å². The molecule has 0 unspecified atom stereocenters. The number of aliphatic carboxylic acids is 3. The lowest BCUT2D eigenvalue weighted by Gasteiger charge is -2.27. The van der Waals surface area contributed by atoms with Crippen LogP contribution in [0.2, 0.25) is 0 Å². The van der Waals surface area contributed by atoms with Crippen LogP contribution in [0.4, 0.5) is 4.79 Å². The molecule has 260 valence electrons. The lowest BCUT2D eigenvalue weighted by molar-refractivity contribution is -0.141. The highest BCUT2D eigenvalue weighted by atomic mass is 35.5. The third-order valence-corrected chi connectivity index (χ3v) is 7.95. The molecule has 0 radical (unpaired) electrons. The van der Waals surface area contributed by atoms with Gasteiger partial charge in [-0.15, -0.1) is 0 Å². The molecule has 0 fully saturated rings. The first-order chi connectivity index (χ1) is 21.8. The maximum absolute atomic E-state index is 13.3. The molecular weight excluding hydrogens is 668 g/mol. The van der Waals surface area contributed by atoms with Gasteiger partial charge in [-0.2, -0.15) is 0 Å². The highest BCUT2D eigenvalue weighted by Gasteiger charge is 2.33. The Balaban J connectivity index is 3.16. The maximum atomic E-state index is 13.3. The molecule has 1 aromatic carbocycles. The summed E-state index contributed by atoms with van der Waals surface area (Å²) in [4.78, 5) is 85.8. The zero-order chi connectivity index (χ0) is 35.9. The molecule has 17 nitrogen and oxygen atoms in total. The fraction of sp³-hybridized carbons (Fsp3) is 0.464. The standard InChI is InChI=1S/C28H37ClN4O13S/c1-15(2)24(27(42)30-17(12-22(36)37)11-20(29)47(3,44)45)33-25(40)18(9-10-21(34)35)31-26(41)19(13-23(38)39)32-28(43)46-14-16-7-5-4-6-8-16/h4-8,11,15,17-19,24H,9-10,12-14H2,1-3H3,(H,30,42)(H,31,41)(H,32,43)(H,33,40)(H,34,35)(H,36,37)(H,38,39)/b20-11+/t17-,18+,19+,24+/m1/s1. The zero-order valence-electron chi connectivity index (χ0n) is 25.6. The monoisotopic (exact) mass is 704 g/mol. The summed E-state index contributed by atoms with van der Waals surface area (Å²) in [7, 11) is -3.95. The quantitative estimate of drug-likeness (QED) is 0.102. The van der Waals surface area contributed by atoms with E-state index in [0.29, 0.717) is 5.56 Å². The van der Waals surface area contributed by atoms with Crippen molar-refractivity contribution in [3.05, 3.63) is 46.3 Å². The number of benzene rings is 1. The van der Waals surface area contributed by atoms with Crippen molar-refractivity contribution in [2.75, 3.05) is 6.26 Å². The normalized spacial score (nSPS) is 14.1. The first kappa shape index (κ1) is 40.3. The van der Waals surface area contributed by atoms with Crippen molar-refractivity contribution < 1.29 is 62.0 Å². The van der Waals surface area contributed by atoms with Crippen LogP contribution < -0.4 is 21.3 Å². The summed E-state index contributed by atoms with van der Waals surface area (Å²) in [6.07, 6.45) is -2.48. The van der Waals surface area contributed by atoms with E-state index in [9.17, 15) is 57.3 Å². The van der Waals surface area contributed by atoms with Crippen LogP contribution in [-0.2, 0) is 49.9 Å². The topological polar surface area (TPSA) is 272 Å². The maximum Gasteiger partial charge on any atom is 0.408 e. The van der Waals surface area contributed by atoms with Crippen LogP contribution in [-0.4, -0.2) is 95.9 Å². The molecule has 1 aromatic rings. The van der Waals surface area contributed by atoms with Gasteiger partial charge in [0.2, 0.25) is 17.7 Å². The van der Waals surface area contributed by atoms with Crippen LogP contribution in [0.25, 0.3) is 0 Å². The fourth-order valence-corrected chi connectivity index (χ4v) is 4.35. The van der Waals surface area contributed by atoms with E-state index in [0.717, 1.165) is 12.3 Å². The number of alkyl carbamates (subject to hydrolysis) is 1. The van der Waals surface area contributed by atoms with E-state index in [1.165, 1.54) is 13.8 Å². The minimum Gasteiger partial charge on any atom is -0.481 e. The molecule has 4 atom stereocenters. The number of carboxylic acid groups (broad SMARTS) is 3. The SMILES string of the molecule is CC(C)[C@H](NC(=O)[C@H](CCC(=O)O)NC(=O)[C@H](CC(=O)O)NC(=O)OCc1ccccc1)C(=O)N[C@H](/C=C(\Cl)S(C)(=O)=O)CC(=O)O. The van der Waals surface area contributed by atoms with E-state index in [1.54, 1.807) is 30.3 Å². The Hall–Kier alpha value is -4.71. The second-order valence-electron chi connectivity index (χ2n) is 10.5. The number of hydrogen-bond acceptors (Lipinski definition) is 10. The molecule has 0 aliphatic carbocycles. The third-order valence-electron chi connectivity index (χ3n) is 6.14. The molecule has 7 N–H and O–H groups in total. The molecule has 0 aliphatic rings. The number of nitrogens with one attached hydrogen (secondary N) is 4. The van der Waals surface area contributed by atoms with Crippen molar-refractivity contribution in [2.24, 2.45) is 5.92 Å². The Kier molecular flexibility index (Phi) is 16.4. The first-order valence-electron chi connectivity index (χ1n) is 13.9. The Morgan fingerprint density at radius 1 is 0.809 bits per heavy atom. The van der Waals surface area contributed by atoms with E-state index >= 15 is 0 Å². The van der Waals surface area contributed by atoms with Gasteiger partial charge in [0, 0.05) is 12.7 Å². The molecule has 0 aromatic heterocycles. The van der Waals surface area contributed by atoms with Crippen molar-refractivity contribution >= 4 is 63.2 Å². The average molecular weight is 705 g/mol. The number of carboxylic acids is 3. The van der Waals surface area contributed by atoms with Gasteiger partial charge in [0.1, 0.15) is 29.1 Å². The summed E-state index contributed by atoms with van der Waals surface area (Å²) >= 11 is 5.73. The van der Waals surface area contributed by atoms with Gasteiger partial charge in [0.05, 0.1) is 18.9 Å². The van der Waals surface area contributed by atoms with E-state index in [2.05, 4.69) is 21.3 Å². The summed E-state index contributed by atoms with van der Waals surface area (Å²) in [6.45, 7) is 2.78. The smallest absolute Gasteiger partial charge is 0.408 e. The number of rotatable bonds is 19. The molecule has 0 aliphatic heterocycles. The second-order valence-corrected chi connectivity index (χ2v) is 13.2. The van der Waals surface area contributed by atoms with Gasteiger partial charge in [-0.3, -0.25) is 28.8 Å². The number of carbonyl (C=O) groups excluding carboxylic acids is 4. The van der Waals surface area contributed by atoms with Gasteiger partial charge in [0.15, 0.2) is 9.84 Å². The largest absolute Gasteiger partial charge is 0.481 e. The van der Waals surface area contributed by atoms with Gasteiger partial charge < -0.3 is 41.3 Å². The van der Waals surface area contributed by atoms with Crippen LogP contribution in [0.5, 0.6) is 0 Å². The van der Waals surface area contributed by atoms with Gasteiger partial charge in [-0.25, -0.2) is 13.2 Å². The second kappa shape index (κ2) is 19.1. The molecule has 19 heteroatoms. The van der Waals surface area contributed by atoms with Crippen LogP contribution in [0.1, 0.15) is 45.1 Å². The number of amides is 4. The number of sulfone groups is 1. The third kappa shape index (κ3) is 15.9. The van der Waals surface area contributed by atoms with Crippen LogP contribution in [0.15, 0.2) is 40.8 Å². The molecule has 0 heterocycles. The summed E-state index contributed by atoms with van der Waals surface area (Å²) in [5.74, 6) is -8.18. The molecule has 47 heavy (non-hydrogen) atoms. The molecule has 4 amide bonds. The van der Waals surface area contributed by atoms with Gasteiger partial charge in [-0.1, -0.05) is 55.8 Å². The van der Waals surface area contributed by atoms with Crippen LogP contribution in [0.3, 0.4) is 0 Å². The molecule has 0 bridgehead atoms. The number of ether oxygens (including phenoxy) is 1. The molecule has 0 saturated carbocycles. The minimum absolute atomic E-state index is 0.208. The van der Waals surface area contributed by atoms with Crippen molar-refractivity contribution in [2.45, 2.75) is 70.3 Å². The predicted octanol–water partition coefficient (Wildman–Crippen LogP) is 0.331. The Labute approximate surface area is 275 Å². The van der Waals surface area contributed by atoms with Gasteiger partial charge >= 0.3 is 24.0 Å². The van der Waals surface area contributed by atoms with Crippen molar-refractivity contribution in [1.29, 1.82) is 0 Å². The number of halogens is 1. The molecular formula is C28H37ClN4O13S. The Morgan fingerprint density at radius 2 is 1.38 bits per heavy atom. The average Bonchev–Trinajstić information content (AvgIpc) is 2.95. The van der Waals surface area contributed by atoms with E-state index in [-0.39, 0.29) is 6.61 Å². The summed E-state index contributed by atoms with van der Waals surface area (Å²) in [5.41, 5.74) is 0.597. The van der Waals surface area contributed by atoms with Crippen molar-refractivity contribution in [3.63, 3.8) is 0 Å². The highest BCUT2D eigenvalue weighted by molar-refractivity contribution is 7.96. The lowest BCUT2D eigenvalue weighted by atomic mass is 10.0. The van der Waals surface area contributed by atoms with Crippen LogP contribution in [0, 0.1) is 5.92 Å². The fourth-order valence-electron chi connectivity index (χ4n) is 3.78. The summed E-state index contributed by atoms with van der Waals surface area (Å²) in [6, 6.07) is 2.15. The van der Waals surface area contributed by atoms with Crippen molar-refractivity contribution in [1.82, 2.24) is 21.3 Å². The Morgan fingerprint density at radius 3 is 1.89 bits per heavy atom. The predicted molar refractivity (Wildman–Crippen MR) is 164 cm³/mol. The lowest BCUT2D eigenvalue weighted by Crippen LogP contribution is -2.58. The Bertz CT molecular complexity index is 1450. The molecule has 0 saturated heterocycles. The number of hydrogen-bond donors (Lipinski definition) is 7. The highest BCUT2D eigenvalue weighted by Crippen LogP contribution is 2.13. The van der Waals surface area contributed by atoms with E-state index < -0.39 is 112 Å². The summed E-state index contributed by atoms with van der Waals surface area (Å²) < 4.78 is 27.7. The van der Waals surface area contributed by atoms with Crippen molar-refractivity contribution in [3.8, 4) is 0 Å².